The molecule has 0 spiro atoms. The first-order valence-electron chi connectivity index (χ1n) is 10.1. The highest BCUT2D eigenvalue weighted by Crippen LogP contribution is 2.32. The molecule has 0 fully saturated rings. The zero-order valence-electron chi connectivity index (χ0n) is 16.5. The van der Waals surface area contributed by atoms with E-state index in [-0.39, 0.29) is 11.8 Å². The van der Waals surface area contributed by atoms with Gasteiger partial charge in [0.15, 0.2) is 0 Å². The second-order valence-electron chi connectivity index (χ2n) is 7.84. The lowest BCUT2D eigenvalue weighted by atomic mass is 10.00. The third-order valence-corrected chi connectivity index (χ3v) is 6.78. The number of fused-ring (bicyclic) bond motifs is 3. The van der Waals surface area contributed by atoms with Crippen LogP contribution in [0.5, 0.6) is 0 Å². The molecule has 152 valence electrons. The quantitative estimate of drug-likeness (QED) is 0.322. The number of nitrogens with one attached hydrogen (secondary N) is 2. The topological polar surface area (TPSA) is 48.1 Å². The van der Waals surface area contributed by atoms with Crippen LogP contribution in [0.2, 0.25) is 0 Å². The molecule has 6 heteroatoms. The number of carbonyl (C=O) groups excluding carboxylic acids is 1. The minimum atomic E-state index is -0.329. The minimum absolute atomic E-state index is 0.192. The number of thiophene rings is 1. The maximum absolute atomic E-state index is 13.6. The molecule has 6 rings (SSSR count). The Morgan fingerprint density at radius 2 is 1.81 bits per heavy atom. The summed E-state index contributed by atoms with van der Waals surface area (Å²) in [7, 11) is 0. The van der Waals surface area contributed by atoms with Gasteiger partial charge < -0.3 is 15.2 Å². The Balaban J connectivity index is 1.23. The van der Waals surface area contributed by atoms with Crippen molar-refractivity contribution in [2.45, 2.75) is 13.1 Å². The molecule has 1 aliphatic heterocycles. The van der Waals surface area contributed by atoms with Gasteiger partial charge in [-0.25, -0.2) is 9.18 Å². The summed E-state index contributed by atoms with van der Waals surface area (Å²) in [5.74, 6) is -0.329. The van der Waals surface area contributed by atoms with Crippen LogP contribution < -0.4 is 5.32 Å². The van der Waals surface area contributed by atoms with Gasteiger partial charge in [0.2, 0.25) is 0 Å². The number of amides is 2. The number of nitrogens with zero attached hydrogens (tertiary/aromatic N) is 1. The predicted molar refractivity (Wildman–Crippen MR) is 124 cm³/mol. The lowest BCUT2D eigenvalue weighted by Crippen LogP contribution is -2.30. The van der Waals surface area contributed by atoms with Gasteiger partial charge in [0.05, 0.1) is 5.69 Å². The molecule has 3 aromatic carbocycles. The number of benzene rings is 3. The summed E-state index contributed by atoms with van der Waals surface area (Å²) in [6.45, 7) is 1.11. The van der Waals surface area contributed by atoms with Crippen molar-refractivity contribution in [1.29, 1.82) is 0 Å². The van der Waals surface area contributed by atoms with Crippen LogP contribution in [0, 0.1) is 5.82 Å². The summed E-state index contributed by atoms with van der Waals surface area (Å²) in [4.78, 5) is 17.7. The van der Waals surface area contributed by atoms with E-state index in [4.69, 9.17) is 0 Å². The molecule has 0 unspecified atom stereocenters. The van der Waals surface area contributed by atoms with Gasteiger partial charge >= 0.3 is 6.03 Å². The first-order chi connectivity index (χ1) is 15.1. The van der Waals surface area contributed by atoms with Gasteiger partial charge in [-0.3, -0.25) is 0 Å². The number of H-pyrrole nitrogens is 1. The number of aromatic amines is 1. The van der Waals surface area contributed by atoms with Crippen molar-refractivity contribution in [3.8, 4) is 11.1 Å². The maximum atomic E-state index is 13.6. The summed E-state index contributed by atoms with van der Waals surface area (Å²) in [5.41, 5.74) is 6.01. The SMILES string of the molecule is O=C(Nc1c[nH]c2ccc(F)cc12)N1Cc2ccc(-c3ccc4sccc4c3)cc2C1. The fourth-order valence-electron chi connectivity index (χ4n) is 4.25. The van der Waals surface area contributed by atoms with Crippen LogP contribution in [-0.2, 0) is 13.1 Å². The Morgan fingerprint density at radius 3 is 2.74 bits per heavy atom. The minimum Gasteiger partial charge on any atom is -0.359 e. The van der Waals surface area contributed by atoms with Gasteiger partial charge in [-0.2, -0.15) is 0 Å². The molecule has 2 amide bonds. The van der Waals surface area contributed by atoms with Crippen molar-refractivity contribution in [3.05, 3.63) is 89.2 Å². The van der Waals surface area contributed by atoms with Crippen molar-refractivity contribution >= 4 is 44.0 Å². The molecule has 0 radical (unpaired) electrons. The number of hydrogen-bond acceptors (Lipinski definition) is 2. The highest BCUT2D eigenvalue weighted by molar-refractivity contribution is 7.17. The number of anilines is 1. The van der Waals surface area contributed by atoms with E-state index in [9.17, 15) is 9.18 Å². The van der Waals surface area contributed by atoms with Gasteiger partial charge in [-0.05, 0) is 75.5 Å². The largest absolute Gasteiger partial charge is 0.359 e. The van der Waals surface area contributed by atoms with Gasteiger partial charge in [0.25, 0.3) is 0 Å². The summed E-state index contributed by atoms with van der Waals surface area (Å²) < 4.78 is 14.9. The molecule has 2 aromatic heterocycles. The average Bonchev–Trinajstić information content (AvgIpc) is 3.50. The number of rotatable bonds is 2. The van der Waals surface area contributed by atoms with Crippen LogP contribution in [0.1, 0.15) is 11.1 Å². The predicted octanol–water partition coefficient (Wildman–Crippen LogP) is 6.74. The first kappa shape index (κ1) is 18.2. The second kappa shape index (κ2) is 6.96. The third kappa shape index (κ3) is 3.16. The number of urea groups is 1. The highest BCUT2D eigenvalue weighted by Gasteiger charge is 2.24. The van der Waals surface area contributed by atoms with E-state index in [2.05, 4.69) is 58.1 Å². The number of hydrogen-bond donors (Lipinski definition) is 2. The third-order valence-electron chi connectivity index (χ3n) is 5.89. The van der Waals surface area contributed by atoms with E-state index in [0.717, 1.165) is 22.2 Å². The van der Waals surface area contributed by atoms with Gasteiger partial charge in [0.1, 0.15) is 5.82 Å². The molecule has 0 atom stereocenters. The van der Waals surface area contributed by atoms with Crippen LogP contribution in [0.4, 0.5) is 14.9 Å². The van der Waals surface area contributed by atoms with Crippen LogP contribution in [0.25, 0.3) is 32.1 Å². The van der Waals surface area contributed by atoms with Crippen LogP contribution in [-0.4, -0.2) is 15.9 Å². The van der Waals surface area contributed by atoms with E-state index in [0.29, 0.717) is 24.2 Å². The molecule has 0 aliphatic carbocycles. The monoisotopic (exact) mass is 427 g/mol. The zero-order chi connectivity index (χ0) is 20.9. The van der Waals surface area contributed by atoms with Crippen molar-refractivity contribution < 1.29 is 9.18 Å². The molecule has 1 aliphatic rings. The van der Waals surface area contributed by atoms with E-state index in [1.54, 1.807) is 28.5 Å². The summed E-state index contributed by atoms with van der Waals surface area (Å²) in [6, 6.07) is 19.4. The van der Waals surface area contributed by atoms with E-state index >= 15 is 0 Å². The lowest BCUT2D eigenvalue weighted by Gasteiger charge is -2.16. The normalized spacial score (nSPS) is 13.1. The summed E-state index contributed by atoms with van der Waals surface area (Å²) in [6.07, 6.45) is 1.70. The molecule has 5 aromatic rings. The molecule has 0 saturated carbocycles. The standard InChI is InChI=1S/C25H18FN3OS/c26-20-4-5-22-21(11-20)23(12-27-22)28-25(30)29-13-18-2-1-15(10-19(18)14-29)16-3-6-24-17(9-16)7-8-31-24/h1-12,27H,13-14H2,(H,28,30). The molecule has 4 nitrogen and oxygen atoms in total. The van der Waals surface area contributed by atoms with Gasteiger partial charge in [-0.1, -0.05) is 18.2 Å². The molecule has 31 heavy (non-hydrogen) atoms. The smallest absolute Gasteiger partial charge is 0.322 e. The Kier molecular flexibility index (Phi) is 4.07. The van der Waals surface area contributed by atoms with E-state index in [1.165, 1.54) is 27.8 Å². The molecular formula is C25H18FN3OS. The second-order valence-corrected chi connectivity index (χ2v) is 8.78. The fraction of sp³-hybridized carbons (Fsp3) is 0.0800. The van der Waals surface area contributed by atoms with Crippen LogP contribution in [0.3, 0.4) is 0 Å². The van der Waals surface area contributed by atoms with Gasteiger partial charge in [0, 0.05) is 34.9 Å². The van der Waals surface area contributed by atoms with E-state index in [1.807, 2.05) is 0 Å². The number of carbonyl (C=O) groups is 1. The number of halogens is 1. The summed E-state index contributed by atoms with van der Waals surface area (Å²) >= 11 is 1.74. The van der Waals surface area contributed by atoms with Crippen molar-refractivity contribution in [2.24, 2.45) is 0 Å². The van der Waals surface area contributed by atoms with Crippen molar-refractivity contribution in [2.75, 3.05) is 5.32 Å². The zero-order valence-corrected chi connectivity index (χ0v) is 17.3. The molecule has 0 saturated heterocycles. The Morgan fingerprint density at radius 1 is 0.968 bits per heavy atom. The Bertz CT molecular complexity index is 1470. The van der Waals surface area contributed by atoms with Gasteiger partial charge in [-0.15, -0.1) is 11.3 Å². The summed E-state index contributed by atoms with van der Waals surface area (Å²) in [5, 5.41) is 6.94. The molecule has 0 bridgehead atoms. The molecular weight excluding hydrogens is 409 g/mol. The van der Waals surface area contributed by atoms with Crippen molar-refractivity contribution in [1.82, 2.24) is 9.88 Å². The van der Waals surface area contributed by atoms with Crippen LogP contribution >= 0.6 is 11.3 Å². The highest BCUT2D eigenvalue weighted by atomic mass is 32.1. The Labute approximate surface area is 181 Å². The number of aromatic nitrogens is 1. The first-order valence-corrected chi connectivity index (χ1v) is 10.9. The Hall–Kier alpha value is -3.64. The molecule has 3 heterocycles. The van der Waals surface area contributed by atoms with Crippen LogP contribution in [0.15, 0.2) is 72.2 Å². The lowest BCUT2D eigenvalue weighted by molar-refractivity contribution is 0.212. The maximum Gasteiger partial charge on any atom is 0.322 e. The van der Waals surface area contributed by atoms with Crippen molar-refractivity contribution in [3.63, 3.8) is 0 Å². The average molecular weight is 428 g/mol. The van der Waals surface area contributed by atoms with E-state index < -0.39 is 0 Å². The fourth-order valence-corrected chi connectivity index (χ4v) is 5.03. The molecule has 2 N–H and O–H groups in total.